The zero-order valence-corrected chi connectivity index (χ0v) is 7.90. The van der Waals surface area contributed by atoms with Crippen molar-refractivity contribution in [2.75, 3.05) is 0 Å². The Bertz CT molecular complexity index is 382. The molecule has 0 saturated heterocycles. The Kier molecular flexibility index (Phi) is 2.12. The maximum atomic E-state index is 9.78. The van der Waals surface area contributed by atoms with E-state index in [0.29, 0.717) is 5.69 Å². The number of thiazole rings is 1. The molecule has 0 aliphatic carbocycles. The van der Waals surface area contributed by atoms with Crippen molar-refractivity contribution in [2.45, 2.75) is 6.10 Å². The second-order valence-electron chi connectivity index (χ2n) is 2.76. The minimum atomic E-state index is -0.653. The van der Waals surface area contributed by atoms with Crippen LogP contribution in [0.25, 0.3) is 0 Å². The van der Waals surface area contributed by atoms with Crippen molar-refractivity contribution in [3.63, 3.8) is 0 Å². The molecule has 13 heavy (non-hydrogen) atoms. The Hall–Kier alpha value is -1.20. The van der Waals surface area contributed by atoms with Crippen LogP contribution in [0.5, 0.6) is 0 Å². The number of aliphatic hydroxyl groups excluding tert-OH is 1. The highest BCUT2D eigenvalue weighted by atomic mass is 32.1. The van der Waals surface area contributed by atoms with Crippen LogP contribution in [0.1, 0.15) is 17.4 Å². The molecule has 0 saturated carbocycles. The Morgan fingerprint density at radius 2 is 2.46 bits per heavy atom. The van der Waals surface area contributed by atoms with Crippen molar-refractivity contribution in [1.82, 2.24) is 14.8 Å². The first-order valence-corrected chi connectivity index (χ1v) is 4.76. The van der Waals surface area contributed by atoms with E-state index in [1.165, 1.54) is 11.3 Å². The Labute approximate surface area is 79.5 Å². The second kappa shape index (κ2) is 3.27. The zero-order valence-electron chi connectivity index (χ0n) is 7.08. The lowest BCUT2D eigenvalue weighted by atomic mass is 10.2. The fraction of sp³-hybridized carbons (Fsp3) is 0.250. The number of rotatable bonds is 2. The first-order valence-electron chi connectivity index (χ1n) is 3.82. The van der Waals surface area contributed by atoms with Crippen molar-refractivity contribution in [3.05, 3.63) is 34.5 Å². The summed E-state index contributed by atoms with van der Waals surface area (Å²) >= 11 is 1.47. The Morgan fingerprint density at radius 3 is 3.00 bits per heavy atom. The third-order valence-corrected chi connectivity index (χ3v) is 2.38. The summed E-state index contributed by atoms with van der Waals surface area (Å²) < 4.78 is 1.66. The van der Waals surface area contributed by atoms with Crippen LogP contribution < -0.4 is 0 Å². The van der Waals surface area contributed by atoms with Gasteiger partial charge in [-0.3, -0.25) is 4.68 Å². The van der Waals surface area contributed by atoms with Gasteiger partial charge in [0.1, 0.15) is 6.10 Å². The van der Waals surface area contributed by atoms with Crippen LogP contribution in [0.2, 0.25) is 0 Å². The molecule has 1 unspecified atom stereocenters. The lowest BCUT2D eigenvalue weighted by Crippen LogP contribution is -1.98. The summed E-state index contributed by atoms with van der Waals surface area (Å²) in [5.41, 5.74) is 3.15. The lowest BCUT2D eigenvalue weighted by molar-refractivity contribution is 0.216. The summed E-state index contributed by atoms with van der Waals surface area (Å²) in [6.07, 6.45) is 2.77. The fourth-order valence-electron chi connectivity index (χ4n) is 1.11. The summed E-state index contributed by atoms with van der Waals surface area (Å²) in [5.74, 6) is 0. The number of aryl methyl sites for hydroxylation is 1. The van der Waals surface area contributed by atoms with Crippen LogP contribution >= 0.6 is 11.3 Å². The molecule has 1 N–H and O–H groups in total. The standard InChI is InChI=1S/C8H9N3OS/c1-11-3-6(2-10-11)8(12)7-4-13-5-9-7/h2-5,8,12H,1H3. The van der Waals surface area contributed by atoms with E-state index in [1.807, 2.05) is 12.4 Å². The van der Waals surface area contributed by atoms with Gasteiger partial charge < -0.3 is 5.11 Å². The van der Waals surface area contributed by atoms with Gasteiger partial charge in [0.25, 0.3) is 0 Å². The summed E-state index contributed by atoms with van der Waals surface area (Å²) in [6.45, 7) is 0. The molecule has 0 bridgehead atoms. The number of hydrogen-bond acceptors (Lipinski definition) is 4. The van der Waals surface area contributed by atoms with Crippen molar-refractivity contribution in [2.24, 2.45) is 7.05 Å². The van der Waals surface area contributed by atoms with Gasteiger partial charge in [0.2, 0.25) is 0 Å². The Balaban J connectivity index is 2.28. The third-order valence-electron chi connectivity index (χ3n) is 1.77. The molecule has 0 amide bonds. The van der Waals surface area contributed by atoms with Gasteiger partial charge in [-0.1, -0.05) is 0 Å². The number of aliphatic hydroxyl groups is 1. The van der Waals surface area contributed by atoms with Gasteiger partial charge in [0, 0.05) is 24.2 Å². The fourth-order valence-corrected chi connectivity index (χ4v) is 1.68. The van der Waals surface area contributed by atoms with E-state index < -0.39 is 6.10 Å². The number of hydrogen-bond donors (Lipinski definition) is 1. The highest BCUT2D eigenvalue weighted by Crippen LogP contribution is 2.20. The number of nitrogens with zero attached hydrogens (tertiary/aromatic N) is 3. The largest absolute Gasteiger partial charge is 0.382 e. The highest BCUT2D eigenvalue weighted by Gasteiger charge is 2.13. The summed E-state index contributed by atoms with van der Waals surface area (Å²) in [6, 6.07) is 0. The van der Waals surface area contributed by atoms with E-state index in [1.54, 1.807) is 22.6 Å². The molecule has 0 aliphatic heterocycles. The minimum Gasteiger partial charge on any atom is -0.382 e. The van der Waals surface area contributed by atoms with Gasteiger partial charge in [0.05, 0.1) is 17.4 Å². The first kappa shape index (κ1) is 8.40. The zero-order chi connectivity index (χ0) is 9.26. The monoisotopic (exact) mass is 195 g/mol. The normalized spacial score (nSPS) is 13.1. The molecule has 1 atom stereocenters. The van der Waals surface area contributed by atoms with Crippen LogP contribution in [0.4, 0.5) is 0 Å². The van der Waals surface area contributed by atoms with Crippen LogP contribution in [-0.4, -0.2) is 19.9 Å². The van der Waals surface area contributed by atoms with E-state index >= 15 is 0 Å². The van der Waals surface area contributed by atoms with Crippen molar-refractivity contribution in [1.29, 1.82) is 0 Å². The van der Waals surface area contributed by atoms with Crippen LogP contribution in [0.3, 0.4) is 0 Å². The lowest BCUT2D eigenvalue weighted by Gasteiger charge is -2.02. The second-order valence-corrected chi connectivity index (χ2v) is 3.48. The van der Waals surface area contributed by atoms with Crippen molar-refractivity contribution < 1.29 is 5.11 Å². The van der Waals surface area contributed by atoms with Gasteiger partial charge in [-0.2, -0.15) is 5.10 Å². The molecule has 2 rings (SSSR count). The molecule has 0 aromatic carbocycles. The van der Waals surface area contributed by atoms with E-state index in [4.69, 9.17) is 0 Å². The maximum Gasteiger partial charge on any atom is 0.125 e. The van der Waals surface area contributed by atoms with Crippen molar-refractivity contribution >= 4 is 11.3 Å². The minimum absolute atomic E-state index is 0.653. The van der Waals surface area contributed by atoms with E-state index in [2.05, 4.69) is 10.1 Å². The molecule has 2 heterocycles. The number of aromatic nitrogens is 3. The van der Waals surface area contributed by atoms with E-state index in [9.17, 15) is 5.11 Å². The highest BCUT2D eigenvalue weighted by molar-refractivity contribution is 7.07. The average Bonchev–Trinajstić information content (AvgIpc) is 2.72. The van der Waals surface area contributed by atoms with Crippen LogP contribution in [0, 0.1) is 0 Å². The smallest absolute Gasteiger partial charge is 0.125 e. The maximum absolute atomic E-state index is 9.78. The first-order chi connectivity index (χ1) is 6.27. The summed E-state index contributed by atoms with van der Waals surface area (Å²) in [7, 11) is 1.82. The van der Waals surface area contributed by atoms with Crippen LogP contribution in [-0.2, 0) is 7.05 Å². The van der Waals surface area contributed by atoms with Gasteiger partial charge in [-0.15, -0.1) is 11.3 Å². The molecule has 4 nitrogen and oxygen atoms in total. The van der Waals surface area contributed by atoms with Gasteiger partial charge in [0.15, 0.2) is 0 Å². The molecule has 5 heteroatoms. The molecule has 2 aromatic rings. The van der Waals surface area contributed by atoms with Crippen molar-refractivity contribution in [3.8, 4) is 0 Å². The molecular formula is C8H9N3OS. The van der Waals surface area contributed by atoms with E-state index in [0.717, 1.165) is 5.56 Å². The predicted molar refractivity (Wildman–Crippen MR) is 49.4 cm³/mol. The molecule has 0 radical (unpaired) electrons. The quantitative estimate of drug-likeness (QED) is 0.776. The third kappa shape index (κ3) is 1.61. The molecule has 0 fully saturated rings. The Morgan fingerprint density at radius 1 is 1.62 bits per heavy atom. The van der Waals surface area contributed by atoms with Crippen LogP contribution in [0.15, 0.2) is 23.3 Å². The van der Waals surface area contributed by atoms with Gasteiger partial charge >= 0.3 is 0 Å². The predicted octanol–water partition coefficient (Wildman–Crippen LogP) is 0.958. The van der Waals surface area contributed by atoms with Gasteiger partial charge in [-0.05, 0) is 0 Å². The SMILES string of the molecule is Cn1cc(C(O)c2cscn2)cn1. The summed E-state index contributed by atoms with van der Waals surface area (Å²) in [5, 5.41) is 15.6. The molecule has 2 aromatic heterocycles. The van der Waals surface area contributed by atoms with Gasteiger partial charge in [-0.25, -0.2) is 4.98 Å². The summed E-state index contributed by atoms with van der Waals surface area (Å²) in [4.78, 5) is 4.03. The molecule has 0 aliphatic rings. The average molecular weight is 195 g/mol. The molecule has 0 spiro atoms. The topological polar surface area (TPSA) is 50.9 Å². The van der Waals surface area contributed by atoms with E-state index in [-0.39, 0.29) is 0 Å². The molecular weight excluding hydrogens is 186 g/mol. The molecule has 68 valence electrons.